The van der Waals surface area contributed by atoms with Crippen molar-refractivity contribution in [3.8, 4) is 0 Å². The van der Waals surface area contributed by atoms with Gasteiger partial charge in [-0.05, 0) is 35.4 Å². The van der Waals surface area contributed by atoms with Crippen molar-refractivity contribution in [2.45, 2.75) is 13.2 Å². The Morgan fingerprint density at radius 2 is 1.76 bits per heavy atom. The van der Waals surface area contributed by atoms with Gasteiger partial charge in [-0.25, -0.2) is 0 Å². The summed E-state index contributed by atoms with van der Waals surface area (Å²) in [6.07, 6.45) is 0. The van der Waals surface area contributed by atoms with Crippen LogP contribution in [0.3, 0.4) is 0 Å². The highest BCUT2D eigenvalue weighted by molar-refractivity contribution is 6.30. The first-order valence-corrected chi connectivity index (χ1v) is 6.75. The van der Waals surface area contributed by atoms with Gasteiger partial charge in [-0.1, -0.05) is 23.7 Å². The van der Waals surface area contributed by atoms with E-state index in [4.69, 9.17) is 16.3 Å². The van der Waals surface area contributed by atoms with Gasteiger partial charge in [-0.15, -0.1) is 0 Å². The number of anilines is 1. The van der Waals surface area contributed by atoms with Crippen LogP contribution in [0.15, 0.2) is 42.5 Å². The number of nitrogens with zero attached hydrogens (tertiary/aromatic N) is 1. The third kappa shape index (κ3) is 4.18. The van der Waals surface area contributed by atoms with E-state index in [1.165, 1.54) is 6.07 Å². The maximum absolute atomic E-state index is 10.8. The molecule has 0 radical (unpaired) electrons. The van der Waals surface area contributed by atoms with E-state index in [-0.39, 0.29) is 5.69 Å². The molecule has 0 aliphatic carbocycles. The van der Waals surface area contributed by atoms with E-state index in [1.807, 2.05) is 24.3 Å². The second-order valence-electron chi connectivity index (χ2n) is 4.48. The van der Waals surface area contributed by atoms with Crippen molar-refractivity contribution >= 4 is 23.0 Å². The minimum Gasteiger partial charge on any atom is -0.383 e. The zero-order chi connectivity index (χ0) is 15.2. The molecule has 0 fully saturated rings. The van der Waals surface area contributed by atoms with Gasteiger partial charge in [-0.2, -0.15) is 0 Å². The molecule has 2 aromatic rings. The molecule has 5 nitrogen and oxygen atoms in total. The molecular formula is C15H15ClN2O3. The number of nitro benzene ring substituents is 1. The molecule has 1 N–H and O–H groups in total. The summed E-state index contributed by atoms with van der Waals surface area (Å²) in [7, 11) is 1.65. The van der Waals surface area contributed by atoms with Gasteiger partial charge in [0, 0.05) is 18.1 Å². The molecule has 0 aromatic heterocycles. The fourth-order valence-corrected chi connectivity index (χ4v) is 2.03. The summed E-state index contributed by atoms with van der Waals surface area (Å²) in [6.45, 7) is 0.846. The normalized spacial score (nSPS) is 10.4. The van der Waals surface area contributed by atoms with Crippen LogP contribution in [0.25, 0.3) is 0 Å². The second-order valence-corrected chi connectivity index (χ2v) is 4.91. The van der Waals surface area contributed by atoms with Gasteiger partial charge in [0.2, 0.25) is 0 Å². The summed E-state index contributed by atoms with van der Waals surface area (Å²) < 4.78 is 5.60. The third-order valence-corrected chi connectivity index (χ3v) is 3.23. The van der Waals surface area contributed by atoms with Gasteiger partial charge in [0.1, 0.15) is 5.69 Å². The maximum Gasteiger partial charge on any atom is 0.292 e. The Balaban J connectivity index is 1.97. The number of rotatable bonds is 6. The number of nitro groups is 1. The standard InChI is InChI=1S/C15H15ClN2O3/c1-17-14-8-12(4-7-15(14)18(19)20)10-21-9-11-2-5-13(16)6-3-11/h2-8,17H,9-10H2,1H3. The molecular weight excluding hydrogens is 292 g/mol. The Morgan fingerprint density at radius 3 is 2.38 bits per heavy atom. The Labute approximate surface area is 127 Å². The minimum absolute atomic E-state index is 0.0546. The highest BCUT2D eigenvalue weighted by Crippen LogP contribution is 2.25. The molecule has 2 rings (SSSR count). The molecule has 110 valence electrons. The lowest BCUT2D eigenvalue weighted by molar-refractivity contribution is -0.384. The molecule has 0 bridgehead atoms. The van der Waals surface area contributed by atoms with Crippen LogP contribution >= 0.6 is 11.6 Å². The van der Waals surface area contributed by atoms with E-state index in [2.05, 4.69) is 5.32 Å². The summed E-state index contributed by atoms with van der Waals surface area (Å²) in [5.41, 5.74) is 2.43. The molecule has 6 heteroatoms. The average molecular weight is 307 g/mol. The van der Waals surface area contributed by atoms with E-state index in [1.54, 1.807) is 19.2 Å². The predicted octanol–water partition coefficient (Wildman–Crippen LogP) is 4.01. The summed E-state index contributed by atoms with van der Waals surface area (Å²) in [5, 5.41) is 14.3. The number of nitrogens with one attached hydrogen (secondary N) is 1. The van der Waals surface area contributed by atoms with E-state index in [0.29, 0.717) is 23.9 Å². The van der Waals surface area contributed by atoms with Crippen molar-refractivity contribution in [3.05, 3.63) is 68.7 Å². The molecule has 0 atom stereocenters. The van der Waals surface area contributed by atoms with Crippen molar-refractivity contribution in [3.63, 3.8) is 0 Å². The van der Waals surface area contributed by atoms with Gasteiger partial charge >= 0.3 is 0 Å². The van der Waals surface area contributed by atoms with E-state index in [0.717, 1.165) is 11.1 Å². The molecule has 2 aromatic carbocycles. The molecule has 0 heterocycles. The minimum atomic E-state index is -0.413. The summed E-state index contributed by atoms with van der Waals surface area (Å²) in [4.78, 5) is 10.4. The largest absolute Gasteiger partial charge is 0.383 e. The Morgan fingerprint density at radius 1 is 1.14 bits per heavy atom. The number of halogens is 1. The van der Waals surface area contributed by atoms with Crippen LogP contribution in [0.5, 0.6) is 0 Å². The smallest absolute Gasteiger partial charge is 0.292 e. The topological polar surface area (TPSA) is 64.4 Å². The second kappa shape index (κ2) is 7.06. The Bertz CT molecular complexity index is 629. The number of hydrogen-bond acceptors (Lipinski definition) is 4. The first kappa shape index (κ1) is 15.3. The number of benzene rings is 2. The van der Waals surface area contributed by atoms with Crippen molar-refractivity contribution in [1.82, 2.24) is 0 Å². The van der Waals surface area contributed by atoms with Gasteiger partial charge in [0.05, 0.1) is 18.1 Å². The van der Waals surface area contributed by atoms with E-state index < -0.39 is 4.92 Å². The molecule has 21 heavy (non-hydrogen) atoms. The zero-order valence-corrected chi connectivity index (χ0v) is 12.3. The lowest BCUT2D eigenvalue weighted by Crippen LogP contribution is -1.99. The van der Waals surface area contributed by atoms with E-state index >= 15 is 0 Å². The maximum atomic E-state index is 10.8. The Hall–Kier alpha value is -2.11. The molecule has 0 aliphatic heterocycles. The Kier molecular flexibility index (Phi) is 5.14. The molecule has 0 saturated heterocycles. The first-order chi connectivity index (χ1) is 10.1. The van der Waals surface area contributed by atoms with Crippen LogP contribution in [-0.4, -0.2) is 12.0 Å². The molecule has 0 spiro atoms. The van der Waals surface area contributed by atoms with Gasteiger partial charge in [0.25, 0.3) is 5.69 Å². The zero-order valence-electron chi connectivity index (χ0n) is 11.5. The fourth-order valence-electron chi connectivity index (χ4n) is 1.90. The van der Waals surface area contributed by atoms with Crippen molar-refractivity contribution < 1.29 is 9.66 Å². The summed E-state index contributed by atoms with van der Waals surface area (Å²) in [5.74, 6) is 0. The van der Waals surface area contributed by atoms with Crippen molar-refractivity contribution in [2.75, 3.05) is 12.4 Å². The van der Waals surface area contributed by atoms with Crippen LogP contribution in [0, 0.1) is 10.1 Å². The monoisotopic (exact) mass is 306 g/mol. The highest BCUT2D eigenvalue weighted by atomic mass is 35.5. The average Bonchev–Trinajstić information content (AvgIpc) is 2.49. The molecule has 0 saturated carbocycles. The van der Waals surface area contributed by atoms with Crippen LogP contribution < -0.4 is 5.32 Å². The lowest BCUT2D eigenvalue weighted by Gasteiger charge is -2.07. The van der Waals surface area contributed by atoms with Crippen LogP contribution in [0.4, 0.5) is 11.4 Å². The summed E-state index contributed by atoms with van der Waals surface area (Å²) in [6, 6.07) is 12.3. The SMILES string of the molecule is CNc1cc(COCc2ccc(Cl)cc2)ccc1[N+](=O)[O-]. The quantitative estimate of drug-likeness (QED) is 0.647. The van der Waals surface area contributed by atoms with Crippen LogP contribution in [0.2, 0.25) is 5.02 Å². The third-order valence-electron chi connectivity index (χ3n) is 2.98. The summed E-state index contributed by atoms with van der Waals surface area (Å²) >= 11 is 5.81. The lowest BCUT2D eigenvalue weighted by atomic mass is 10.2. The van der Waals surface area contributed by atoms with Crippen LogP contribution in [-0.2, 0) is 18.0 Å². The number of ether oxygens (including phenoxy) is 1. The van der Waals surface area contributed by atoms with Crippen molar-refractivity contribution in [2.24, 2.45) is 0 Å². The number of hydrogen-bond donors (Lipinski definition) is 1. The molecule has 0 aliphatic rings. The van der Waals surface area contributed by atoms with Crippen LogP contribution in [0.1, 0.15) is 11.1 Å². The van der Waals surface area contributed by atoms with Gasteiger partial charge in [0.15, 0.2) is 0 Å². The van der Waals surface area contributed by atoms with Gasteiger partial charge in [-0.3, -0.25) is 10.1 Å². The molecule has 0 unspecified atom stereocenters. The van der Waals surface area contributed by atoms with E-state index in [9.17, 15) is 10.1 Å². The first-order valence-electron chi connectivity index (χ1n) is 6.37. The fraction of sp³-hybridized carbons (Fsp3) is 0.200. The predicted molar refractivity (Wildman–Crippen MR) is 82.6 cm³/mol. The van der Waals surface area contributed by atoms with Gasteiger partial charge < -0.3 is 10.1 Å². The molecule has 0 amide bonds. The highest BCUT2D eigenvalue weighted by Gasteiger charge is 2.12. The van der Waals surface area contributed by atoms with Crippen molar-refractivity contribution in [1.29, 1.82) is 0 Å².